The van der Waals surface area contributed by atoms with E-state index in [-0.39, 0.29) is 12.1 Å². The molecule has 3 rings (SSSR count). The highest BCUT2D eigenvalue weighted by Crippen LogP contribution is 2.27. The average molecular weight is 313 g/mol. The van der Waals surface area contributed by atoms with Gasteiger partial charge in [0.05, 0.1) is 11.8 Å². The molecule has 1 N–H and O–H groups in total. The minimum Gasteiger partial charge on any atom is -0.391 e. The molecule has 0 unspecified atom stereocenters. The standard InChI is InChI=1S/C19H27N3O/c1-14-11-15(2)19(22-10-6-9-20-22)16(12-14)13-21(3)17-7-4-5-8-18(17)23/h6,9-12,17-18,23H,4-5,7-8,13H2,1-3H3/t17-,18+/m1/s1. The average Bonchev–Trinajstić information content (AvgIpc) is 3.00. The Morgan fingerprint density at radius 3 is 2.74 bits per heavy atom. The van der Waals surface area contributed by atoms with Crippen molar-refractivity contribution in [3.63, 3.8) is 0 Å². The largest absolute Gasteiger partial charge is 0.391 e. The minimum atomic E-state index is -0.201. The third kappa shape index (κ3) is 3.48. The fraction of sp³-hybridized carbons (Fsp3) is 0.526. The van der Waals surface area contributed by atoms with Gasteiger partial charge in [0.25, 0.3) is 0 Å². The highest BCUT2D eigenvalue weighted by atomic mass is 16.3. The van der Waals surface area contributed by atoms with Crippen molar-refractivity contribution in [3.8, 4) is 5.69 Å². The molecule has 1 fully saturated rings. The van der Waals surface area contributed by atoms with E-state index in [4.69, 9.17) is 0 Å². The number of aryl methyl sites for hydroxylation is 2. The summed E-state index contributed by atoms with van der Waals surface area (Å²) >= 11 is 0. The van der Waals surface area contributed by atoms with Crippen molar-refractivity contribution in [1.29, 1.82) is 0 Å². The molecule has 0 spiro atoms. The highest BCUT2D eigenvalue weighted by molar-refractivity contribution is 5.49. The molecule has 124 valence electrons. The van der Waals surface area contributed by atoms with Gasteiger partial charge in [-0.2, -0.15) is 5.10 Å². The van der Waals surface area contributed by atoms with Crippen molar-refractivity contribution in [3.05, 3.63) is 47.3 Å². The third-order valence-electron chi connectivity index (χ3n) is 4.94. The van der Waals surface area contributed by atoms with Gasteiger partial charge >= 0.3 is 0 Å². The van der Waals surface area contributed by atoms with Crippen LogP contribution in [0.25, 0.3) is 5.69 Å². The van der Waals surface area contributed by atoms with Crippen LogP contribution in [0.1, 0.15) is 42.4 Å². The molecule has 1 aliphatic carbocycles. The number of rotatable bonds is 4. The molecular weight excluding hydrogens is 286 g/mol. The van der Waals surface area contributed by atoms with E-state index in [9.17, 15) is 5.11 Å². The van der Waals surface area contributed by atoms with E-state index < -0.39 is 0 Å². The Labute approximate surface area is 138 Å². The van der Waals surface area contributed by atoms with Crippen molar-refractivity contribution < 1.29 is 5.11 Å². The Morgan fingerprint density at radius 1 is 1.26 bits per heavy atom. The Balaban J connectivity index is 1.90. The van der Waals surface area contributed by atoms with Crippen LogP contribution in [-0.2, 0) is 6.54 Å². The molecule has 0 amide bonds. The molecule has 1 heterocycles. The molecule has 2 atom stereocenters. The summed E-state index contributed by atoms with van der Waals surface area (Å²) in [5.74, 6) is 0. The number of hydrogen-bond acceptors (Lipinski definition) is 3. The van der Waals surface area contributed by atoms with Crippen molar-refractivity contribution in [2.24, 2.45) is 0 Å². The normalized spacial score (nSPS) is 21.8. The smallest absolute Gasteiger partial charge is 0.0719 e. The van der Waals surface area contributed by atoms with E-state index in [0.717, 1.165) is 31.5 Å². The fourth-order valence-corrected chi connectivity index (χ4v) is 3.89. The monoisotopic (exact) mass is 313 g/mol. The number of aliphatic hydroxyl groups is 1. The molecule has 23 heavy (non-hydrogen) atoms. The number of benzene rings is 1. The molecular formula is C19H27N3O. The zero-order valence-electron chi connectivity index (χ0n) is 14.4. The summed E-state index contributed by atoms with van der Waals surface area (Å²) in [6, 6.07) is 6.67. The number of aliphatic hydroxyl groups excluding tert-OH is 1. The maximum atomic E-state index is 10.3. The van der Waals surface area contributed by atoms with Crippen LogP contribution in [-0.4, -0.2) is 39.0 Å². The first-order chi connectivity index (χ1) is 11.1. The number of hydrogen-bond donors (Lipinski definition) is 1. The molecule has 2 aromatic rings. The van der Waals surface area contributed by atoms with Gasteiger partial charge in [0.2, 0.25) is 0 Å². The van der Waals surface area contributed by atoms with E-state index in [1.165, 1.54) is 23.1 Å². The van der Waals surface area contributed by atoms with Crippen molar-refractivity contribution in [1.82, 2.24) is 14.7 Å². The van der Waals surface area contributed by atoms with Crippen LogP contribution >= 0.6 is 0 Å². The molecule has 0 saturated heterocycles. The SMILES string of the molecule is Cc1cc(C)c(-n2cccn2)c(CN(C)[C@@H]2CCCC[C@@H]2O)c1. The predicted octanol–water partition coefficient (Wildman–Crippen LogP) is 3.22. The van der Waals surface area contributed by atoms with E-state index in [0.29, 0.717) is 0 Å². The summed E-state index contributed by atoms with van der Waals surface area (Å²) in [5, 5.41) is 14.7. The van der Waals surface area contributed by atoms with Gasteiger partial charge in [-0.1, -0.05) is 30.5 Å². The summed E-state index contributed by atoms with van der Waals surface area (Å²) in [6.45, 7) is 5.11. The summed E-state index contributed by atoms with van der Waals surface area (Å²) in [4.78, 5) is 2.31. The zero-order chi connectivity index (χ0) is 16.4. The lowest BCUT2D eigenvalue weighted by Gasteiger charge is -2.35. The van der Waals surface area contributed by atoms with Crippen LogP contribution in [0.5, 0.6) is 0 Å². The molecule has 1 saturated carbocycles. The van der Waals surface area contributed by atoms with E-state index in [1.54, 1.807) is 0 Å². The third-order valence-corrected chi connectivity index (χ3v) is 4.94. The van der Waals surface area contributed by atoms with Gasteiger partial charge in [0.1, 0.15) is 0 Å². The van der Waals surface area contributed by atoms with Gasteiger partial charge in [0, 0.05) is 25.0 Å². The number of likely N-dealkylation sites (N-methyl/N-ethyl adjacent to an activating group) is 1. The van der Waals surface area contributed by atoms with E-state index >= 15 is 0 Å². The molecule has 0 bridgehead atoms. The lowest BCUT2D eigenvalue weighted by Crippen LogP contribution is -2.43. The first-order valence-electron chi connectivity index (χ1n) is 8.54. The first kappa shape index (κ1) is 16.2. The maximum absolute atomic E-state index is 10.3. The fourth-order valence-electron chi connectivity index (χ4n) is 3.89. The lowest BCUT2D eigenvalue weighted by atomic mass is 9.91. The second-order valence-corrected chi connectivity index (χ2v) is 6.87. The van der Waals surface area contributed by atoms with Crippen LogP contribution < -0.4 is 0 Å². The number of nitrogens with zero attached hydrogens (tertiary/aromatic N) is 3. The van der Waals surface area contributed by atoms with Gasteiger partial charge in [-0.05, 0) is 50.9 Å². The van der Waals surface area contributed by atoms with Crippen molar-refractivity contribution in [2.45, 2.75) is 58.2 Å². The second kappa shape index (κ2) is 6.85. The van der Waals surface area contributed by atoms with Crippen molar-refractivity contribution in [2.75, 3.05) is 7.05 Å². The topological polar surface area (TPSA) is 41.3 Å². The van der Waals surface area contributed by atoms with Gasteiger partial charge in [-0.15, -0.1) is 0 Å². The Hall–Kier alpha value is -1.65. The van der Waals surface area contributed by atoms with Crippen LogP contribution in [0.15, 0.2) is 30.6 Å². The zero-order valence-corrected chi connectivity index (χ0v) is 14.4. The predicted molar refractivity (Wildman–Crippen MR) is 92.8 cm³/mol. The van der Waals surface area contributed by atoms with E-state index in [2.05, 4.69) is 43.0 Å². The summed E-state index contributed by atoms with van der Waals surface area (Å²) in [6.07, 6.45) is 7.98. The molecule has 1 aromatic heterocycles. The maximum Gasteiger partial charge on any atom is 0.0719 e. The number of aromatic nitrogens is 2. The minimum absolute atomic E-state index is 0.201. The van der Waals surface area contributed by atoms with Crippen LogP contribution in [0.2, 0.25) is 0 Å². The van der Waals surface area contributed by atoms with Gasteiger partial charge in [0.15, 0.2) is 0 Å². The molecule has 1 aliphatic rings. The summed E-state index contributed by atoms with van der Waals surface area (Å²) in [7, 11) is 2.13. The molecule has 0 radical (unpaired) electrons. The molecule has 0 aliphatic heterocycles. The molecule has 4 nitrogen and oxygen atoms in total. The molecule has 4 heteroatoms. The quantitative estimate of drug-likeness (QED) is 0.942. The highest BCUT2D eigenvalue weighted by Gasteiger charge is 2.27. The van der Waals surface area contributed by atoms with Gasteiger partial charge in [-0.3, -0.25) is 4.90 Å². The van der Waals surface area contributed by atoms with Crippen LogP contribution in [0.4, 0.5) is 0 Å². The Morgan fingerprint density at radius 2 is 2.04 bits per heavy atom. The molecule has 1 aromatic carbocycles. The summed E-state index contributed by atoms with van der Waals surface area (Å²) in [5.41, 5.74) is 4.94. The summed E-state index contributed by atoms with van der Waals surface area (Å²) < 4.78 is 1.95. The van der Waals surface area contributed by atoms with E-state index in [1.807, 2.05) is 23.1 Å². The van der Waals surface area contributed by atoms with Crippen molar-refractivity contribution >= 4 is 0 Å². The van der Waals surface area contributed by atoms with Crippen LogP contribution in [0, 0.1) is 13.8 Å². The second-order valence-electron chi connectivity index (χ2n) is 6.87. The van der Waals surface area contributed by atoms with Gasteiger partial charge in [-0.25, -0.2) is 4.68 Å². The van der Waals surface area contributed by atoms with Crippen LogP contribution in [0.3, 0.4) is 0 Å². The lowest BCUT2D eigenvalue weighted by molar-refractivity contribution is 0.0288. The Kier molecular flexibility index (Phi) is 4.83. The van der Waals surface area contributed by atoms with Gasteiger partial charge < -0.3 is 5.11 Å². The Bertz CT molecular complexity index is 651. The first-order valence-corrected chi connectivity index (χ1v) is 8.54.